The number of aliphatic hydroxyl groups is 1. The van der Waals surface area contributed by atoms with Gasteiger partial charge < -0.3 is 25.4 Å². The Labute approximate surface area is 231 Å². The number of carbonyl (C=O) groups is 3. The summed E-state index contributed by atoms with van der Waals surface area (Å²) in [5, 5.41) is 24.8. The van der Waals surface area contributed by atoms with Crippen LogP contribution in [0.2, 0.25) is 0 Å². The van der Waals surface area contributed by atoms with Gasteiger partial charge in [0, 0.05) is 6.54 Å². The molecule has 1 aromatic heterocycles. The van der Waals surface area contributed by atoms with E-state index in [1.807, 2.05) is 68.4 Å². The number of hydrogen-bond donors (Lipinski definition) is 3. The normalized spacial score (nSPS) is 29.5. The van der Waals surface area contributed by atoms with Crippen molar-refractivity contribution < 1.29 is 24.2 Å². The van der Waals surface area contributed by atoms with E-state index in [0.717, 1.165) is 11.9 Å². The number of hydrogen-bond acceptors (Lipinski definition) is 7. The number of para-hydroxylation sites is 1. The summed E-state index contributed by atoms with van der Waals surface area (Å²) in [6.07, 6.45) is 1.75. The van der Waals surface area contributed by atoms with E-state index < -0.39 is 41.0 Å². The molecule has 6 rings (SSSR count). The van der Waals surface area contributed by atoms with Crippen molar-refractivity contribution in [3.63, 3.8) is 0 Å². The molecule has 0 radical (unpaired) electrons. The zero-order valence-corrected chi connectivity index (χ0v) is 22.6. The second-order valence-corrected chi connectivity index (χ2v) is 11.1. The van der Waals surface area contributed by atoms with Crippen LogP contribution in [-0.4, -0.2) is 73.1 Å². The monoisotopic (exact) mass is 546 g/mol. The highest BCUT2D eigenvalue weighted by Crippen LogP contribution is 2.64. The van der Waals surface area contributed by atoms with Crippen LogP contribution in [0.25, 0.3) is 11.0 Å². The van der Waals surface area contributed by atoms with Crippen molar-refractivity contribution >= 4 is 28.8 Å². The van der Waals surface area contributed by atoms with E-state index in [-0.39, 0.29) is 25.1 Å². The summed E-state index contributed by atoms with van der Waals surface area (Å²) in [5.41, 5.74) is 0.0870. The smallest absolute Gasteiger partial charge is 0.247 e. The van der Waals surface area contributed by atoms with Gasteiger partial charge in [-0.2, -0.15) is 0 Å². The number of ether oxygens (including phenoxy) is 1. The van der Waals surface area contributed by atoms with Gasteiger partial charge in [-0.25, -0.2) is 4.68 Å². The average molecular weight is 547 g/mol. The van der Waals surface area contributed by atoms with Gasteiger partial charge in [-0.3, -0.25) is 14.4 Å². The van der Waals surface area contributed by atoms with Gasteiger partial charge in [0.15, 0.2) is 0 Å². The number of aromatic nitrogens is 3. The first-order valence-corrected chi connectivity index (χ1v) is 13.9. The van der Waals surface area contributed by atoms with Crippen molar-refractivity contribution in [1.29, 1.82) is 0 Å². The van der Waals surface area contributed by atoms with Gasteiger partial charge >= 0.3 is 0 Å². The lowest BCUT2D eigenvalue weighted by molar-refractivity contribution is -0.150. The first-order valence-electron chi connectivity index (χ1n) is 13.9. The molecule has 3 aromatic rings. The predicted octanol–water partition coefficient (Wildman–Crippen LogP) is 1.53. The lowest BCUT2D eigenvalue weighted by atomic mass is 9.66. The Kier molecular flexibility index (Phi) is 6.58. The first kappa shape index (κ1) is 26.4. The molecule has 6 atom stereocenters. The zero-order valence-electron chi connectivity index (χ0n) is 22.6. The molecular formula is C29H34N6O5. The molecule has 11 nitrogen and oxygen atoms in total. The van der Waals surface area contributed by atoms with Gasteiger partial charge in [-0.15, -0.1) is 5.10 Å². The molecule has 3 fully saturated rings. The van der Waals surface area contributed by atoms with Crippen LogP contribution in [0.15, 0.2) is 54.6 Å². The van der Waals surface area contributed by atoms with E-state index in [0.29, 0.717) is 30.5 Å². The van der Waals surface area contributed by atoms with E-state index in [9.17, 15) is 19.5 Å². The summed E-state index contributed by atoms with van der Waals surface area (Å²) in [6.45, 7) is 3.96. The molecular weight excluding hydrogens is 512 g/mol. The third-order valence-electron chi connectivity index (χ3n) is 8.81. The highest BCUT2D eigenvalue weighted by Gasteiger charge is 2.78. The number of rotatable bonds is 9. The van der Waals surface area contributed by atoms with Gasteiger partial charge in [0.05, 0.1) is 35.6 Å². The van der Waals surface area contributed by atoms with Gasteiger partial charge in [0.1, 0.15) is 23.8 Å². The topological polar surface area (TPSA) is 139 Å². The summed E-state index contributed by atoms with van der Waals surface area (Å²) in [7, 11) is 0. The number of amides is 3. The fourth-order valence-corrected chi connectivity index (χ4v) is 7.07. The Hall–Kier alpha value is -3.83. The lowest BCUT2D eigenvalue weighted by Gasteiger charge is -2.37. The molecule has 3 amide bonds. The van der Waals surface area contributed by atoms with Crippen LogP contribution >= 0.6 is 0 Å². The van der Waals surface area contributed by atoms with Crippen LogP contribution in [0.4, 0.5) is 0 Å². The largest absolute Gasteiger partial charge is 0.394 e. The molecule has 1 spiro atoms. The fourth-order valence-electron chi connectivity index (χ4n) is 7.07. The number of likely N-dealkylation sites (tertiary alicyclic amines) is 1. The van der Waals surface area contributed by atoms with Crippen LogP contribution in [0, 0.1) is 11.8 Å². The molecule has 4 heterocycles. The predicted molar refractivity (Wildman–Crippen MR) is 144 cm³/mol. The van der Waals surface area contributed by atoms with E-state index >= 15 is 0 Å². The fraction of sp³-hybridized carbons (Fsp3) is 0.483. The molecule has 11 heteroatoms. The highest BCUT2D eigenvalue weighted by atomic mass is 16.5. The van der Waals surface area contributed by atoms with Crippen molar-refractivity contribution in [2.24, 2.45) is 11.8 Å². The molecule has 2 aromatic carbocycles. The summed E-state index contributed by atoms with van der Waals surface area (Å²) >= 11 is 0. The Bertz CT molecular complexity index is 1440. The Morgan fingerprint density at radius 1 is 1.10 bits per heavy atom. The van der Waals surface area contributed by atoms with Crippen LogP contribution in [0.1, 0.15) is 44.7 Å². The highest BCUT2D eigenvalue weighted by molar-refractivity contribution is 5.99. The SMILES string of the molecule is CCCNC(=O)[C@H]1[C@H]2C(=O)N([C@H](CO)c3ccccc3)C(C(=O)NCn3nnc4ccccc43)C23CC[C@]1(C)O3. The standard InChI is InChI=1S/C29H34N6O5/c1-3-15-30-25(37)22-23-27(39)35(21(16-36)18-9-5-4-6-10-18)24(29(23)14-13-28(22,2)40-29)26(38)31-17-34-20-12-8-7-11-19(20)32-33-34/h4-12,21-24,36H,3,13-17H2,1-2H3,(H,30,37)(H,31,38)/t21-,22-,23+,24?,28+,29?/m1/s1. The molecule has 0 saturated carbocycles. The third-order valence-corrected chi connectivity index (χ3v) is 8.81. The van der Waals surface area contributed by atoms with E-state index in [2.05, 4.69) is 20.9 Å². The summed E-state index contributed by atoms with van der Waals surface area (Å²) in [4.78, 5) is 43.4. The van der Waals surface area contributed by atoms with Gasteiger partial charge in [0.25, 0.3) is 0 Å². The van der Waals surface area contributed by atoms with Crippen LogP contribution < -0.4 is 10.6 Å². The quantitative estimate of drug-likeness (QED) is 0.370. The Balaban J connectivity index is 1.38. The Morgan fingerprint density at radius 2 is 1.85 bits per heavy atom. The minimum atomic E-state index is -1.20. The second kappa shape index (κ2) is 9.97. The molecule has 3 saturated heterocycles. The number of carbonyl (C=O) groups excluding carboxylic acids is 3. The molecule has 3 aliphatic rings. The van der Waals surface area contributed by atoms with Gasteiger partial charge in [-0.05, 0) is 43.9 Å². The summed E-state index contributed by atoms with van der Waals surface area (Å²) in [6, 6.07) is 14.7. The summed E-state index contributed by atoms with van der Waals surface area (Å²) in [5.74, 6) is -2.60. The molecule has 40 heavy (non-hydrogen) atoms. The molecule has 2 unspecified atom stereocenters. The van der Waals surface area contributed by atoms with Gasteiger partial charge in [0.2, 0.25) is 17.7 Å². The minimum Gasteiger partial charge on any atom is -0.394 e. The van der Waals surface area contributed by atoms with Gasteiger partial charge in [-0.1, -0.05) is 54.6 Å². The number of nitrogens with zero attached hydrogens (tertiary/aromatic N) is 4. The Morgan fingerprint density at radius 3 is 2.60 bits per heavy atom. The number of fused-ring (bicyclic) bond motifs is 2. The second-order valence-electron chi connectivity index (χ2n) is 11.1. The van der Waals surface area contributed by atoms with Crippen LogP contribution in [0.3, 0.4) is 0 Å². The van der Waals surface area contributed by atoms with E-state index in [1.54, 1.807) is 4.68 Å². The third kappa shape index (κ3) is 3.90. The molecule has 3 N–H and O–H groups in total. The molecule has 0 aliphatic carbocycles. The molecule has 2 bridgehead atoms. The van der Waals surface area contributed by atoms with Crippen molar-refractivity contribution in [3.8, 4) is 0 Å². The van der Waals surface area contributed by atoms with Crippen molar-refractivity contribution in [2.75, 3.05) is 13.2 Å². The average Bonchev–Trinajstić information content (AvgIpc) is 3.67. The van der Waals surface area contributed by atoms with Crippen molar-refractivity contribution in [1.82, 2.24) is 30.5 Å². The summed E-state index contributed by atoms with van der Waals surface area (Å²) < 4.78 is 8.24. The van der Waals surface area contributed by atoms with Crippen molar-refractivity contribution in [2.45, 2.75) is 63.1 Å². The maximum Gasteiger partial charge on any atom is 0.247 e. The molecule has 210 valence electrons. The van der Waals surface area contributed by atoms with E-state index in [1.165, 1.54) is 4.90 Å². The van der Waals surface area contributed by atoms with E-state index in [4.69, 9.17) is 4.74 Å². The molecule has 3 aliphatic heterocycles. The lowest BCUT2D eigenvalue weighted by Crippen LogP contribution is -2.56. The first-order chi connectivity index (χ1) is 19.3. The number of benzene rings is 2. The maximum absolute atomic E-state index is 14.3. The van der Waals surface area contributed by atoms with Crippen molar-refractivity contribution in [3.05, 3.63) is 60.2 Å². The zero-order chi connectivity index (χ0) is 28.1. The van der Waals surface area contributed by atoms with Crippen LogP contribution in [-0.2, 0) is 25.8 Å². The van der Waals surface area contributed by atoms with Crippen LogP contribution in [0.5, 0.6) is 0 Å². The minimum absolute atomic E-state index is 0.0332. The number of aliphatic hydroxyl groups excluding tert-OH is 1. The maximum atomic E-state index is 14.3. The number of nitrogens with one attached hydrogen (secondary N) is 2.